The van der Waals surface area contributed by atoms with Crippen LogP contribution in [0, 0.1) is 0 Å². The zero-order valence-electron chi connectivity index (χ0n) is 17.8. The molecule has 8 nitrogen and oxygen atoms in total. The van der Waals surface area contributed by atoms with Crippen LogP contribution in [0.25, 0.3) is 11.0 Å². The molecule has 1 amide bonds. The third kappa shape index (κ3) is 4.76. The first-order valence-corrected chi connectivity index (χ1v) is 13.1. The Morgan fingerprint density at radius 2 is 1.79 bits per heavy atom. The molecule has 0 unspecified atom stereocenters. The molecule has 1 fully saturated rings. The average Bonchev–Trinajstić information content (AvgIpc) is 3.46. The van der Waals surface area contributed by atoms with Gasteiger partial charge in [0, 0.05) is 24.4 Å². The van der Waals surface area contributed by atoms with Gasteiger partial charge in [-0.2, -0.15) is 0 Å². The molecule has 0 saturated carbocycles. The Morgan fingerprint density at radius 1 is 1.06 bits per heavy atom. The van der Waals surface area contributed by atoms with E-state index in [4.69, 9.17) is 4.98 Å². The van der Waals surface area contributed by atoms with Gasteiger partial charge in [0.1, 0.15) is 5.82 Å². The van der Waals surface area contributed by atoms with Crippen LogP contribution in [-0.4, -0.2) is 47.3 Å². The standard InChI is InChI=1S/C23H23N5O3S2/c29-21(14-17-15-32-23(24-17)27-33(30,31)18-6-2-1-3-7-18)28-12-10-16(11-13-28)22-25-19-8-4-5-9-20(19)26-22/h1-9,15-16H,10-14H2,(H,24,27)(H,25,26). The summed E-state index contributed by atoms with van der Waals surface area (Å²) in [7, 11) is -3.70. The Bertz CT molecular complexity index is 1340. The fraction of sp³-hybridized carbons (Fsp3) is 0.261. The van der Waals surface area contributed by atoms with E-state index >= 15 is 0 Å². The summed E-state index contributed by atoms with van der Waals surface area (Å²) in [5, 5.41) is 1.98. The molecule has 0 radical (unpaired) electrons. The van der Waals surface area contributed by atoms with E-state index < -0.39 is 10.0 Å². The molecule has 0 aliphatic carbocycles. The third-order valence-electron chi connectivity index (χ3n) is 5.80. The van der Waals surface area contributed by atoms with Crippen molar-refractivity contribution in [2.45, 2.75) is 30.1 Å². The highest BCUT2D eigenvalue weighted by Crippen LogP contribution is 2.28. The number of fused-ring (bicyclic) bond motifs is 1. The van der Waals surface area contributed by atoms with E-state index in [9.17, 15) is 13.2 Å². The molecule has 0 spiro atoms. The fourth-order valence-corrected chi connectivity index (χ4v) is 6.03. The second-order valence-electron chi connectivity index (χ2n) is 8.03. The number of piperidine rings is 1. The molecule has 3 heterocycles. The minimum atomic E-state index is -3.70. The SMILES string of the molecule is O=C(Cc1csc(NS(=O)(=O)c2ccccc2)n1)N1CCC(c2nc3ccccc3[nH]2)CC1. The van der Waals surface area contributed by atoms with Crippen LogP contribution in [0.15, 0.2) is 64.9 Å². The first kappa shape index (κ1) is 21.6. The number of likely N-dealkylation sites (tertiary alicyclic amines) is 1. The number of H-pyrrole nitrogens is 1. The second kappa shape index (κ2) is 8.95. The van der Waals surface area contributed by atoms with Crippen LogP contribution < -0.4 is 4.72 Å². The molecule has 1 aliphatic rings. The van der Waals surface area contributed by atoms with Crippen LogP contribution in [0.5, 0.6) is 0 Å². The first-order valence-electron chi connectivity index (χ1n) is 10.7. The molecule has 2 aromatic carbocycles. The van der Waals surface area contributed by atoms with E-state index in [0.717, 1.165) is 29.7 Å². The topological polar surface area (TPSA) is 108 Å². The lowest BCUT2D eigenvalue weighted by molar-refractivity contribution is -0.131. The average molecular weight is 482 g/mol. The van der Waals surface area contributed by atoms with Gasteiger partial charge in [0.15, 0.2) is 5.13 Å². The van der Waals surface area contributed by atoms with Gasteiger partial charge in [-0.1, -0.05) is 30.3 Å². The molecule has 5 rings (SSSR count). The van der Waals surface area contributed by atoms with Crippen LogP contribution in [0.4, 0.5) is 5.13 Å². The van der Waals surface area contributed by atoms with Crippen molar-refractivity contribution in [1.82, 2.24) is 19.9 Å². The van der Waals surface area contributed by atoms with Crippen LogP contribution in [0.1, 0.15) is 30.3 Å². The number of imidazole rings is 1. The van der Waals surface area contributed by atoms with E-state index in [1.54, 1.807) is 23.6 Å². The number of carbonyl (C=O) groups excluding carboxylic acids is 1. The van der Waals surface area contributed by atoms with Gasteiger partial charge in [-0.3, -0.25) is 9.52 Å². The van der Waals surface area contributed by atoms with Crippen LogP contribution in [-0.2, 0) is 21.2 Å². The molecule has 0 bridgehead atoms. The number of sulfonamides is 1. The van der Waals surface area contributed by atoms with Gasteiger partial charge in [0.25, 0.3) is 10.0 Å². The molecule has 2 N–H and O–H groups in total. The minimum absolute atomic E-state index is 0.000762. The largest absolute Gasteiger partial charge is 0.342 e. The van der Waals surface area contributed by atoms with Gasteiger partial charge in [0.2, 0.25) is 5.91 Å². The number of nitrogens with one attached hydrogen (secondary N) is 2. The highest BCUT2D eigenvalue weighted by Gasteiger charge is 2.26. The van der Waals surface area contributed by atoms with Gasteiger partial charge in [-0.15, -0.1) is 11.3 Å². The number of carbonyl (C=O) groups is 1. The Kier molecular flexibility index (Phi) is 5.86. The van der Waals surface area contributed by atoms with E-state index in [2.05, 4.69) is 14.7 Å². The molecule has 1 aliphatic heterocycles. The Labute approximate surface area is 195 Å². The maximum atomic E-state index is 12.8. The zero-order valence-corrected chi connectivity index (χ0v) is 19.4. The molecule has 4 aromatic rings. The molecule has 0 atom stereocenters. The zero-order chi connectivity index (χ0) is 22.8. The molecule has 1 saturated heterocycles. The summed E-state index contributed by atoms with van der Waals surface area (Å²) in [6.45, 7) is 1.33. The number of para-hydroxylation sites is 2. The maximum absolute atomic E-state index is 12.8. The minimum Gasteiger partial charge on any atom is -0.342 e. The van der Waals surface area contributed by atoms with Crippen molar-refractivity contribution in [3.63, 3.8) is 0 Å². The molecule has 10 heteroatoms. The summed E-state index contributed by atoms with van der Waals surface area (Å²) in [5.41, 5.74) is 2.57. The Hall–Kier alpha value is -3.24. The number of benzene rings is 2. The number of thiazole rings is 1. The third-order valence-corrected chi connectivity index (χ3v) is 8.09. The van der Waals surface area contributed by atoms with E-state index in [-0.39, 0.29) is 22.4 Å². The molecule has 33 heavy (non-hydrogen) atoms. The van der Waals surface area contributed by atoms with Crippen LogP contribution in [0.3, 0.4) is 0 Å². The summed E-state index contributed by atoms with van der Waals surface area (Å²) < 4.78 is 27.4. The van der Waals surface area contributed by atoms with E-state index in [0.29, 0.717) is 24.7 Å². The van der Waals surface area contributed by atoms with Gasteiger partial charge < -0.3 is 9.88 Å². The lowest BCUT2D eigenvalue weighted by Gasteiger charge is -2.31. The van der Waals surface area contributed by atoms with E-state index in [1.165, 1.54) is 23.5 Å². The molecule has 2 aromatic heterocycles. The summed E-state index contributed by atoms with van der Waals surface area (Å²) in [6.07, 6.45) is 1.86. The number of rotatable bonds is 6. The second-order valence-corrected chi connectivity index (χ2v) is 10.6. The Morgan fingerprint density at radius 3 is 2.55 bits per heavy atom. The van der Waals surface area contributed by atoms with Crippen LogP contribution in [0.2, 0.25) is 0 Å². The molecule has 170 valence electrons. The van der Waals surface area contributed by atoms with Crippen molar-refractivity contribution >= 4 is 43.4 Å². The number of anilines is 1. The summed E-state index contributed by atoms with van der Waals surface area (Å²) in [4.78, 5) is 27.2. The van der Waals surface area contributed by atoms with Crippen molar-refractivity contribution in [2.24, 2.45) is 0 Å². The van der Waals surface area contributed by atoms with Gasteiger partial charge in [-0.25, -0.2) is 18.4 Å². The molecular weight excluding hydrogens is 458 g/mol. The van der Waals surface area contributed by atoms with Crippen molar-refractivity contribution in [2.75, 3.05) is 17.8 Å². The van der Waals surface area contributed by atoms with Crippen molar-refractivity contribution in [1.29, 1.82) is 0 Å². The van der Waals surface area contributed by atoms with E-state index in [1.807, 2.05) is 29.2 Å². The normalized spacial score (nSPS) is 15.1. The number of aromatic amines is 1. The fourth-order valence-electron chi connectivity index (χ4n) is 4.04. The Balaban J connectivity index is 1.17. The number of aromatic nitrogens is 3. The van der Waals surface area contributed by atoms with Crippen molar-refractivity contribution in [3.05, 3.63) is 71.5 Å². The lowest BCUT2D eigenvalue weighted by atomic mass is 9.96. The van der Waals surface area contributed by atoms with Crippen molar-refractivity contribution < 1.29 is 13.2 Å². The number of hydrogen-bond donors (Lipinski definition) is 2. The van der Waals surface area contributed by atoms with Gasteiger partial charge >= 0.3 is 0 Å². The van der Waals surface area contributed by atoms with Crippen LogP contribution >= 0.6 is 11.3 Å². The van der Waals surface area contributed by atoms with Gasteiger partial charge in [0.05, 0.1) is 28.0 Å². The smallest absolute Gasteiger partial charge is 0.263 e. The molecular formula is C23H23N5O3S2. The quantitative estimate of drug-likeness (QED) is 0.436. The first-order chi connectivity index (χ1) is 16.0. The summed E-state index contributed by atoms with van der Waals surface area (Å²) >= 11 is 1.17. The lowest BCUT2D eigenvalue weighted by Crippen LogP contribution is -2.39. The number of nitrogens with zero attached hydrogens (tertiary/aromatic N) is 3. The summed E-state index contributed by atoms with van der Waals surface area (Å²) in [6, 6.07) is 16.1. The highest BCUT2D eigenvalue weighted by atomic mass is 32.2. The highest BCUT2D eigenvalue weighted by molar-refractivity contribution is 7.93. The number of hydrogen-bond acceptors (Lipinski definition) is 6. The van der Waals surface area contributed by atoms with Crippen molar-refractivity contribution in [3.8, 4) is 0 Å². The predicted octanol–water partition coefficient (Wildman–Crippen LogP) is 3.77. The predicted molar refractivity (Wildman–Crippen MR) is 128 cm³/mol. The monoisotopic (exact) mass is 481 g/mol. The van der Waals surface area contributed by atoms with Gasteiger partial charge in [-0.05, 0) is 37.1 Å². The maximum Gasteiger partial charge on any atom is 0.263 e. The number of amides is 1. The summed E-state index contributed by atoms with van der Waals surface area (Å²) in [5.74, 6) is 1.29.